The van der Waals surface area contributed by atoms with Gasteiger partial charge in [0, 0.05) is 11.6 Å². The molecule has 1 aromatic heterocycles. The molecule has 0 atom stereocenters. The van der Waals surface area contributed by atoms with E-state index in [1.165, 1.54) is 24.3 Å². The predicted molar refractivity (Wildman–Crippen MR) is 132 cm³/mol. The Morgan fingerprint density at radius 2 is 1.66 bits per heavy atom. The number of aromatic nitrogens is 3. The second kappa shape index (κ2) is 10.1. The van der Waals surface area contributed by atoms with Gasteiger partial charge in [-0.1, -0.05) is 41.9 Å². The molecule has 0 unspecified atom stereocenters. The topological polar surface area (TPSA) is 86.0 Å². The van der Waals surface area contributed by atoms with Crippen molar-refractivity contribution < 1.29 is 9.18 Å². The number of nitrogens with zero attached hydrogens (tertiary/aromatic N) is 3. The number of hydrogen-bond acceptors (Lipinski definition) is 4. The van der Waals surface area contributed by atoms with Crippen molar-refractivity contribution in [2.24, 2.45) is 0 Å². The zero-order valence-corrected chi connectivity index (χ0v) is 19.8. The van der Waals surface area contributed by atoms with E-state index in [0.29, 0.717) is 21.8 Å². The summed E-state index contributed by atoms with van der Waals surface area (Å²) in [6.45, 7) is 3.71. The molecule has 0 aliphatic carbocycles. The fourth-order valence-corrected chi connectivity index (χ4v) is 3.94. The molecule has 9 heteroatoms. The van der Waals surface area contributed by atoms with E-state index < -0.39 is 28.7 Å². The van der Waals surface area contributed by atoms with E-state index in [-0.39, 0.29) is 13.1 Å². The summed E-state index contributed by atoms with van der Waals surface area (Å²) in [6, 6.07) is 17.8. The van der Waals surface area contributed by atoms with Crippen LogP contribution in [0.15, 0.2) is 76.3 Å². The Balaban J connectivity index is 1.80. The number of rotatable bonds is 6. The van der Waals surface area contributed by atoms with Gasteiger partial charge in [-0.15, -0.1) is 0 Å². The highest BCUT2D eigenvalue weighted by Crippen LogP contribution is 2.13. The molecule has 0 aliphatic heterocycles. The quantitative estimate of drug-likeness (QED) is 0.444. The molecule has 1 heterocycles. The summed E-state index contributed by atoms with van der Waals surface area (Å²) in [5, 5.41) is 7.22. The number of aryl methyl sites for hydroxylation is 2. The van der Waals surface area contributed by atoms with E-state index in [1.54, 1.807) is 36.4 Å². The van der Waals surface area contributed by atoms with Crippen LogP contribution >= 0.6 is 11.6 Å². The number of benzene rings is 3. The smallest absolute Gasteiger partial charge is 0.346 e. The van der Waals surface area contributed by atoms with Gasteiger partial charge in [-0.2, -0.15) is 9.78 Å². The highest BCUT2D eigenvalue weighted by molar-refractivity contribution is 6.30. The summed E-state index contributed by atoms with van der Waals surface area (Å²) in [4.78, 5) is 39.6. The maximum atomic E-state index is 13.4. The molecule has 35 heavy (non-hydrogen) atoms. The fraction of sp³-hybridized carbons (Fsp3) is 0.154. The maximum Gasteiger partial charge on any atom is 0.352 e. The van der Waals surface area contributed by atoms with Crippen LogP contribution in [0.2, 0.25) is 5.02 Å². The Morgan fingerprint density at radius 1 is 0.971 bits per heavy atom. The molecule has 0 saturated carbocycles. The lowest BCUT2D eigenvalue weighted by Gasteiger charge is -2.13. The van der Waals surface area contributed by atoms with Crippen LogP contribution in [-0.2, 0) is 13.1 Å². The molecule has 0 spiro atoms. The molecule has 0 aliphatic rings. The summed E-state index contributed by atoms with van der Waals surface area (Å²) < 4.78 is 15.2. The Bertz CT molecular complexity index is 1510. The van der Waals surface area contributed by atoms with Gasteiger partial charge in [0.15, 0.2) is 0 Å². The second-order valence-electron chi connectivity index (χ2n) is 8.22. The van der Waals surface area contributed by atoms with Crippen molar-refractivity contribution in [3.05, 3.63) is 126 Å². The van der Waals surface area contributed by atoms with E-state index in [4.69, 9.17) is 11.6 Å². The average Bonchev–Trinajstić information content (AvgIpc) is 2.81. The number of amides is 1. The van der Waals surface area contributed by atoms with Crippen molar-refractivity contribution >= 4 is 17.5 Å². The summed E-state index contributed by atoms with van der Waals surface area (Å²) >= 11 is 6.07. The monoisotopic (exact) mass is 492 g/mol. The van der Waals surface area contributed by atoms with E-state index in [1.807, 2.05) is 19.9 Å². The zero-order valence-electron chi connectivity index (χ0n) is 19.1. The fourth-order valence-electron chi connectivity index (χ4n) is 3.72. The third kappa shape index (κ3) is 5.55. The first-order valence-electron chi connectivity index (χ1n) is 10.8. The van der Waals surface area contributed by atoms with E-state index >= 15 is 0 Å². The van der Waals surface area contributed by atoms with E-state index in [9.17, 15) is 18.8 Å². The number of halogens is 2. The van der Waals surface area contributed by atoms with Gasteiger partial charge in [-0.3, -0.25) is 14.2 Å². The first-order chi connectivity index (χ1) is 16.7. The normalized spacial score (nSPS) is 10.9. The van der Waals surface area contributed by atoms with Crippen LogP contribution in [0, 0.1) is 19.7 Å². The maximum absolute atomic E-state index is 13.4. The van der Waals surface area contributed by atoms with Gasteiger partial charge in [0.25, 0.3) is 11.5 Å². The second-order valence-corrected chi connectivity index (χ2v) is 8.66. The van der Waals surface area contributed by atoms with Crippen LogP contribution < -0.4 is 16.6 Å². The van der Waals surface area contributed by atoms with Gasteiger partial charge in [-0.25, -0.2) is 9.18 Å². The Hall–Kier alpha value is -4.04. The highest BCUT2D eigenvalue weighted by atomic mass is 35.5. The van der Waals surface area contributed by atoms with Gasteiger partial charge in [0.05, 0.1) is 12.2 Å². The molecule has 0 saturated heterocycles. The van der Waals surface area contributed by atoms with Crippen LogP contribution in [-0.4, -0.2) is 20.3 Å². The number of hydrogen-bond donors (Lipinski definition) is 1. The number of carbonyl (C=O) groups excluding carboxylic acids is 1. The van der Waals surface area contributed by atoms with Crippen molar-refractivity contribution in [3.63, 3.8) is 0 Å². The van der Waals surface area contributed by atoms with Crippen molar-refractivity contribution in [3.8, 4) is 5.69 Å². The summed E-state index contributed by atoms with van der Waals surface area (Å²) in [5.41, 5.74) is 1.52. The van der Waals surface area contributed by atoms with E-state index in [2.05, 4.69) is 10.4 Å². The average molecular weight is 493 g/mol. The molecule has 0 bridgehead atoms. The number of nitrogens with one attached hydrogen (secondary N) is 1. The highest BCUT2D eigenvalue weighted by Gasteiger charge is 2.21. The minimum absolute atomic E-state index is 0.0528. The minimum Gasteiger partial charge on any atom is -0.346 e. The molecule has 1 amide bonds. The van der Waals surface area contributed by atoms with Gasteiger partial charge in [-0.05, 0) is 72.5 Å². The molecule has 3 aromatic carbocycles. The standard InChI is InChI=1S/C26H22ClFN4O3/c1-16-10-17(2)12-22(11-16)32-26(35)31(15-19-4-3-5-20(27)13-19)25(34)23(30-32)24(33)29-14-18-6-8-21(28)9-7-18/h3-13H,14-15H2,1-2H3,(H,29,33). The summed E-state index contributed by atoms with van der Waals surface area (Å²) in [7, 11) is 0. The van der Waals surface area contributed by atoms with Crippen molar-refractivity contribution in [2.75, 3.05) is 0 Å². The molecule has 1 N–H and O–H groups in total. The zero-order chi connectivity index (χ0) is 25.1. The Morgan fingerprint density at radius 3 is 2.31 bits per heavy atom. The van der Waals surface area contributed by atoms with E-state index in [0.717, 1.165) is 20.4 Å². The number of carbonyl (C=O) groups is 1. The largest absolute Gasteiger partial charge is 0.352 e. The third-order valence-corrected chi connectivity index (χ3v) is 5.56. The molecule has 0 fully saturated rings. The molecule has 4 aromatic rings. The summed E-state index contributed by atoms with van der Waals surface area (Å²) in [6.07, 6.45) is 0. The van der Waals surface area contributed by atoms with Crippen molar-refractivity contribution in [1.29, 1.82) is 0 Å². The van der Waals surface area contributed by atoms with Crippen LogP contribution in [0.4, 0.5) is 4.39 Å². The molecular formula is C26H22ClFN4O3. The van der Waals surface area contributed by atoms with Crippen LogP contribution in [0.1, 0.15) is 32.7 Å². The van der Waals surface area contributed by atoms with Gasteiger partial charge in [0.2, 0.25) is 5.69 Å². The van der Waals surface area contributed by atoms with Crippen LogP contribution in [0.3, 0.4) is 0 Å². The Labute approximate surface area is 205 Å². The van der Waals surface area contributed by atoms with Crippen LogP contribution in [0.5, 0.6) is 0 Å². The van der Waals surface area contributed by atoms with Crippen molar-refractivity contribution in [1.82, 2.24) is 19.7 Å². The first kappa shape index (κ1) is 24.1. The molecule has 178 valence electrons. The third-order valence-electron chi connectivity index (χ3n) is 5.32. The lowest BCUT2D eigenvalue weighted by molar-refractivity contribution is 0.0941. The SMILES string of the molecule is Cc1cc(C)cc(-n2nc(C(=O)NCc3ccc(F)cc3)c(=O)n(Cc3cccc(Cl)c3)c2=O)c1. The predicted octanol–water partition coefficient (Wildman–Crippen LogP) is 3.78. The van der Waals surface area contributed by atoms with Gasteiger partial charge < -0.3 is 5.32 Å². The van der Waals surface area contributed by atoms with Gasteiger partial charge >= 0.3 is 5.69 Å². The van der Waals surface area contributed by atoms with Crippen molar-refractivity contribution in [2.45, 2.75) is 26.9 Å². The lowest BCUT2D eigenvalue weighted by atomic mass is 10.1. The summed E-state index contributed by atoms with van der Waals surface area (Å²) in [5.74, 6) is -1.15. The Kier molecular flexibility index (Phi) is 6.93. The first-order valence-corrected chi connectivity index (χ1v) is 11.2. The lowest BCUT2D eigenvalue weighted by Crippen LogP contribution is -2.46. The van der Waals surface area contributed by atoms with Gasteiger partial charge in [0.1, 0.15) is 5.82 Å². The molecular weight excluding hydrogens is 471 g/mol. The van der Waals surface area contributed by atoms with Crippen LogP contribution in [0.25, 0.3) is 5.69 Å². The molecule has 0 radical (unpaired) electrons. The minimum atomic E-state index is -0.827. The molecule has 7 nitrogen and oxygen atoms in total. The molecule has 4 rings (SSSR count).